The van der Waals surface area contributed by atoms with E-state index in [4.69, 9.17) is 9.94 Å². The van der Waals surface area contributed by atoms with Gasteiger partial charge in [-0.3, -0.25) is 0 Å². The normalized spacial score (nSPS) is 21.6. The Morgan fingerprint density at radius 3 is 1.94 bits per heavy atom. The summed E-state index contributed by atoms with van der Waals surface area (Å²) in [6.45, 7) is 3.00. The number of hydrogen-bond acceptors (Lipinski definition) is 6. The van der Waals surface area contributed by atoms with Gasteiger partial charge in [-0.15, -0.1) is 0 Å². The fourth-order valence-corrected chi connectivity index (χ4v) is 1.31. The van der Waals surface area contributed by atoms with Gasteiger partial charge in [0.1, 0.15) is 6.10 Å². The van der Waals surface area contributed by atoms with Crippen molar-refractivity contribution < 1.29 is 25.3 Å². The van der Waals surface area contributed by atoms with Gasteiger partial charge in [0.05, 0.1) is 25.4 Å². The summed E-state index contributed by atoms with van der Waals surface area (Å²) >= 11 is 0. The van der Waals surface area contributed by atoms with Crippen LogP contribution in [0.25, 0.3) is 0 Å². The lowest BCUT2D eigenvalue weighted by Gasteiger charge is -2.33. The van der Waals surface area contributed by atoms with E-state index in [1.807, 2.05) is 0 Å². The van der Waals surface area contributed by atoms with Crippen LogP contribution in [0, 0.1) is 5.92 Å². The lowest BCUT2D eigenvalue weighted by atomic mass is 9.94. The Balaban J connectivity index is 4.41. The number of aliphatic hydroxyl groups is 4. The summed E-state index contributed by atoms with van der Waals surface area (Å²) in [6, 6.07) is -0.472. The summed E-state index contributed by atoms with van der Waals surface area (Å²) in [7, 11) is 3.06. The lowest BCUT2D eigenvalue weighted by Crippen LogP contribution is -2.51. The molecule has 0 amide bonds. The minimum atomic E-state index is -1.32. The number of likely N-dealkylation sites (N-methyl/N-ethyl adjacent to an activating group) is 1. The highest BCUT2D eigenvalue weighted by Crippen LogP contribution is 2.14. The van der Waals surface area contributed by atoms with Crippen LogP contribution in [-0.4, -0.2) is 70.6 Å². The molecular weight excluding hydrogens is 214 g/mol. The first-order valence-corrected chi connectivity index (χ1v) is 5.28. The molecule has 98 valence electrons. The van der Waals surface area contributed by atoms with Gasteiger partial charge in [-0.25, -0.2) is 0 Å². The van der Waals surface area contributed by atoms with Crippen molar-refractivity contribution in [3.8, 4) is 0 Å². The first kappa shape index (κ1) is 15.8. The van der Waals surface area contributed by atoms with Crippen molar-refractivity contribution in [1.82, 2.24) is 5.06 Å². The van der Waals surface area contributed by atoms with Crippen molar-refractivity contribution >= 4 is 0 Å². The maximum Gasteiger partial charge on any atom is 0.108 e. The predicted molar refractivity (Wildman–Crippen MR) is 58.5 cm³/mol. The highest BCUT2D eigenvalue weighted by Gasteiger charge is 2.33. The fourth-order valence-electron chi connectivity index (χ4n) is 1.31. The molecule has 16 heavy (non-hydrogen) atoms. The minimum absolute atomic E-state index is 0.251. The number of hydrogen-bond donors (Lipinski definition) is 4. The van der Waals surface area contributed by atoms with Gasteiger partial charge in [-0.1, -0.05) is 6.92 Å². The van der Waals surface area contributed by atoms with E-state index in [1.165, 1.54) is 12.2 Å². The van der Waals surface area contributed by atoms with Gasteiger partial charge in [0.15, 0.2) is 0 Å². The largest absolute Gasteiger partial charge is 0.396 e. The molecule has 0 spiro atoms. The van der Waals surface area contributed by atoms with Crippen LogP contribution in [0.4, 0.5) is 0 Å². The van der Waals surface area contributed by atoms with Gasteiger partial charge in [0, 0.05) is 19.6 Å². The van der Waals surface area contributed by atoms with Crippen molar-refractivity contribution in [3.63, 3.8) is 0 Å². The van der Waals surface area contributed by atoms with E-state index in [0.29, 0.717) is 0 Å². The molecule has 6 heteroatoms. The molecule has 0 aromatic rings. The van der Waals surface area contributed by atoms with Crippen molar-refractivity contribution in [3.05, 3.63) is 0 Å². The first-order chi connectivity index (χ1) is 7.36. The summed E-state index contributed by atoms with van der Waals surface area (Å²) in [6.07, 6.45) is -3.66. The average Bonchev–Trinajstić information content (AvgIpc) is 2.32. The van der Waals surface area contributed by atoms with E-state index in [1.54, 1.807) is 20.9 Å². The third kappa shape index (κ3) is 3.97. The Labute approximate surface area is 96.0 Å². The van der Waals surface area contributed by atoms with Gasteiger partial charge < -0.3 is 25.3 Å². The highest BCUT2D eigenvalue weighted by atomic mass is 16.7. The minimum Gasteiger partial charge on any atom is -0.396 e. The highest BCUT2D eigenvalue weighted by molar-refractivity contribution is 4.84. The van der Waals surface area contributed by atoms with Gasteiger partial charge in [0.25, 0.3) is 0 Å². The summed E-state index contributed by atoms with van der Waals surface area (Å²) in [5.74, 6) is -0.496. The van der Waals surface area contributed by atoms with E-state index in [-0.39, 0.29) is 6.61 Å². The number of hydroxylamine groups is 2. The Morgan fingerprint density at radius 2 is 1.56 bits per heavy atom. The summed E-state index contributed by atoms with van der Waals surface area (Å²) in [4.78, 5) is 4.88. The van der Waals surface area contributed by atoms with Crippen molar-refractivity contribution in [2.24, 2.45) is 5.92 Å². The molecule has 5 atom stereocenters. The topological polar surface area (TPSA) is 93.4 Å². The van der Waals surface area contributed by atoms with Crippen LogP contribution in [0.3, 0.4) is 0 Å². The zero-order valence-corrected chi connectivity index (χ0v) is 10.2. The van der Waals surface area contributed by atoms with Crippen LogP contribution in [0.1, 0.15) is 13.8 Å². The summed E-state index contributed by atoms with van der Waals surface area (Å²) < 4.78 is 0. The van der Waals surface area contributed by atoms with E-state index in [2.05, 4.69) is 0 Å². The molecule has 0 aromatic carbocycles. The molecule has 0 aromatic heterocycles. The molecule has 0 aliphatic carbocycles. The Bertz CT molecular complexity index is 172. The molecule has 0 aliphatic heterocycles. The van der Waals surface area contributed by atoms with E-state index >= 15 is 0 Å². The molecule has 0 saturated heterocycles. The predicted octanol–water partition coefficient (Wildman–Crippen LogP) is -1.42. The second kappa shape index (κ2) is 7.16. The van der Waals surface area contributed by atoms with Crippen LogP contribution >= 0.6 is 0 Å². The molecule has 0 bridgehead atoms. The van der Waals surface area contributed by atoms with Gasteiger partial charge in [0.2, 0.25) is 0 Å². The van der Waals surface area contributed by atoms with Crippen LogP contribution in [0.5, 0.6) is 0 Å². The van der Waals surface area contributed by atoms with Crippen LogP contribution in [0.15, 0.2) is 0 Å². The number of rotatable bonds is 7. The van der Waals surface area contributed by atoms with Crippen LogP contribution < -0.4 is 0 Å². The second-order valence-corrected chi connectivity index (χ2v) is 4.10. The first-order valence-electron chi connectivity index (χ1n) is 5.28. The van der Waals surface area contributed by atoms with E-state index in [0.717, 1.165) is 0 Å². The second-order valence-electron chi connectivity index (χ2n) is 4.10. The molecule has 0 fully saturated rings. The Hall–Kier alpha value is -0.240. The summed E-state index contributed by atoms with van der Waals surface area (Å²) in [5.41, 5.74) is 0. The third-order valence-corrected chi connectivity index (χ3v) is 2.93. The van der Waals surface area contributed by atoms with E-state index in [9.17, 15) is 15.3 Å². The molecule has 4 N–H and O–H groups in total. The monoisotopic (exact) mass is 237 g/mol. The molecule has 0 saturated carbocycles. The van der Waals surface area contributed by atoms with Crippen molar-refractivity contribution in [2.45, 2.75) is 38.2 Å². The zero-order valence-electron chi connectivity index (χ0n) is 10.2. The van der Waals surface area contributed by atoms with Gasteiger partial charge >= 0.3 is 0 Å². The maximum absolute atomic E-state index is 9.79. The average molecular weight is 237 g/mol. The third-order valence-electron chi connectivity index (χ3n) is 2.93. The van der Waals surface area contributed by atoms with Crippen molar-refractivity contribution in [2.75, 3.05) is 20.8 Å². The molecule has 2 unspecified atom stereocenters. The van der Waals surface area contributed by atoms with Gasteiger partial charge in [-0.2, -0.15) is 5.06 Å². The lowest BCUT2D eigenvalue weighted by molar-refractivity contribution is -0.186. The van der Waals surface area contributed by atoms with Gasteiger partial charge in [-0.05, 0) is 6.92 Å². The Kier molecular flexibility index (Phi) is 7.05. The van der Waals surface area contributed by atoms with Crippen LogP contribution in [0.2, 0.25) is 0 Å². The standard InChI is InChI=1S/C10H23NO5/c1-6(5-12)8(13)10(15)9(14)7(2)11(3)16-4/h6-10,12-15H,5H2,1-4H3/t6?,7-,8-,9-,10?/m1/s1. The molecule has 6 nitrogen and oxygen atoms in total. The zero-order chi connectivity index (χ0) is 12.9. The van der Waals surface area contributed by atoms with Crippen LogP contribution in [-0.2, 0) is 4.84 Å². The fraction of sp³-hybridized carbons (Fsp3) is 1.00. The maximum atomic E-state index is 9.79. The Morgan fingerprint density at radius 1 is 1.06 bits per heavy atom. The molecule has 0 heterocycles. The molecular formula is C10H23NO5. The SMILES string of the molecule is CON(C)[C@H](C)[C@@H](O)C(O)[C@H](O)C(C)CO. The smallest absolute Gasteiger partial charge is 0.108 e. The molecule has 0 radical (unpaired) electrons. The number of nitrogens with zero attached hydrogens (tertiary/aromatic N) is 1. The van der Waals surface area contributed by atoms with Crippen molar-refractivity contribution in [1.29, 1.82) is 0 Å². The molecule has 0 rings (SSSR count). The summed E-state index contributed by atoms with van der Waals surface area (Å²) in [5, 5.41) is 39.4. The number of aliphatic hydroxyl groups excluding tert-OH is 4. The quantitative estimate of drug-likeness (QED) is 0.406. The molecule has 0 aliphatic rings. The van der Waals surface area contributed by atoms with E-state index < -0.39 is 30.3 Å².